The first-order valence-corrected chi connectivity index (χ1v) is 10.9. The number of aromatic nitrogens is 2. The van der Waals surface area contributed by atoms with Crippen LogP contribution in [0.1, 0.15) is 27.0 Å². The van der Waals surface area contributed by atoms with Gasteiger partial charge in [-0.2, -0.15) is 5.26 Å². The number of rotatable bonds is 8. The molecular formula is C27H21F2N5O. The van der Waals surface area contributed by atoms with Gasteiger partial charge in [-0.1, -0.05) is 24.3 Å². The highest BCUT2D eigenvalue weighted by atomic mass is 19.1. The number of amides is 1. The first kappa shape index (κ1) is 23.5. The molecule has 6 nitrogen and oxygen atoms in total. The largest absolute Gasteiger partial charge is 0.369 e. The second-order valence-electron chi connectivity index (χ2n) is 7.75. The maximum Gasteiger partial charge on any atom is 0.255 e. The van der Waals surface area contributed by atoms with Gasteiger partial charge in [-0.15, -0.1) is 0 Å². The summed E-state index contributed by atoms with van der Waals surface area (Å²) in [6.07, 6.45) is 3.63. The molecule has 2 heterocycles. The van der Waals surface area contributed by atoms with Gasteiger partial charge in [-0.25, -0.2) is 13.8 Å². The zero-order chi connectivity index (χ0) is 24.6. The predicted octanol–water partition coefficient (Wildman–Crippen LogP) is 4.88. The molecule has 4 aromatic rings. The van der Waals surface area contributed by atoms with Crippen molar-refractivity contribution in [3.05, 3.63) is 113 Å². The van der Waals surface area contributed by atoms with Gasteiger partial charge in [0.15, 0.2) is 0 Å². The maximum atomic E-state index is 13.5. The van der Waals surface area contributed by atoms with Gasteiger partial charge in [0.25, 0.3) is 5.91 Å². The van der Waals surface area contributed by atoms with Gasteiger partial charge in [0.05, 0.1) is 22.9 Å². The molecule has 0 bridgehead atoms. The highest BCUT2D eigenvalue weighted by Gasteiger charge is 2.16. The summed E-state index contributed by atoms with van der Waals surface area (Å²) in [5.41, 5.74) is 3.23. The summed E-state index contributed by atoms with van der Waals surface area (Å²) in [4.78, 5) is 21.6. The van der Waals surface area contributed by atoms with Gasteiger partial charge in [0.1, 0.15) is 17.5 Å². The number of carbonyl (C=O) groups is 1. The fourth-order valence-electron chi connectivity index (χ4n) is 3.59. The molecule has 0 radical (unpaired) electrons. The zero-order valence-electron chi connectivity index (χ0n) is 18.6. The van der Waals surface area contributed by atoms with Crippen LogP contribution in [0.2, 0.25) is 0 Å². The molecule has 0 atom stereocenters. The minimum atomic E-state index is -0.649. The Labute approximate surface area is 201 Å². The number of nitrogens with one attached hydrogen (secondary N) is 2. The minimum Gasteiger partial charge on any atom is -0.369 e. The summed E-state index contributed by atoms with van der Waals surface area (Å²) >= 11 is 0. The lowest BCUT2D eigenvalue weighted by Gasteiger charge is -2.14. The smallest absolute Gasteiger partial charge is 0.255 e. The average molecular weight is 469 g/mol. The van der Waals surface area contributed by atoms with Gasteiger partial charge >= 0.3 is 0 Å². The lowest BCUT2D eigenvalue weighted by Crippen LogP contribution is -2.25. The minimum absolute atomic E-state index is 0.280. The molecule has 174 valence electrons. The summed E-state index contributed by atoms with van der Waals surface area (Å²) < 4.78 is 27.1. The predicted molar refractivity (Wildman–Crippen MR) is 128 cm³/mol. The monoisotopic (exact) mass is 469 g/mol. The van der Waals surface area contributed by atoms with Crippen LogP contribution < -0.4 is 10.6 Å². The fourth-order valence-corrected chi connectivity index (χ4v) is 3.59. The van der Waals surface area contributed by atoms with Crippen molar-refractivity contribution < 1.29 is 13.6 Å². The number of anilines is 1. The SMILES string of the molecule is N#Cc1ccccc1-c1ccc(C(=O)NCc2cccnc2)c(NCCc2cc(F)cc(F)c2)n1. The molecule has 0 saturated carbocycles. The van der Waals surface area contributed by atoms with Crippen LogP contribution in [-0.4, -0.2) is 22.4 Å². The number of hydrogen-bond acceptors (Lipinski definition) is 5. The van der Waals surface area contributed by atoms with Crippen molar-refractivity contribution >= 4 is 11.7 Å². The highest BCUT2D eigenvalue weighted by molar-refractivity contribution is 5.99. The van der Waals surface area contributed by atoms with E-state index in [0.717, 1.165) is 11.6 Å². The van der Waals surface area contributed by atoms with Gasteiger partial charge in [-0.3, -0.25) is 9.78 Å². The van der Waals surface area contributed by atoms with Crippen LogP contribution in [0.25, 0.3) is 11.3 Å². The number of carbonyl (C=O) groups excluding carboxylic acids is 1. The molecule has 2 N–H and O–H groups in total. The molecule has 0 aliphatic carbocycles. The van der Waals surface area contributed by atoms with Crippen LogP contribution >= 0.6 is 0 Å². The number of nitrogens with zero attached hydrogens (tertiary/aromatic N) is 3. The van der Waals surface area contributed by atoms with E-state index < -0.39 is 11.6 Å². The Balaban J connectivity index is 1.59. The van der Waals surface area contributed by atoms with Crippen molar-refractivity contribution in [3.63, 3.8) is 0 Å². The Morgan fingerprint density at radius 2 is 1.77 bits per heavy atom. The van der Waals surface area contributed by atoms with E-state index in [4.69, 9.17) is 0 Å². The summed E-state index contributed by atoms with van der Waals surface area (Å²) in [7, 11) is 0. The first-order chi connectivity index (χ1) is 17.0. The van der Waals surface area contributed by atoms with Gasteiger partial charge in [-0.05, 0) is 53.9 Å². The molecule has 1 amide bonds. The van der Waals surface area contributed by atoms with E-state index in [1.165, 1.54) is 12.1 Å². The summed E-state index contributed by atoms with van der Waals surface area (Å²) in [5.74, 6) is -1.34. The van der Waals surface area contributed by atoms with Crippen LogP contribution in [0.4, 0.5) is 14.6 Å². The maximum absolute atomic E-state index is 13.5. The Kier molecular flexibility index (Phi) is 7.38. The third-order valence-corrected chi connectivity index (χ3v) is 5.27. The van der Waals surface area contributed by atoms with Gasteiger partial charge in [0, 0.05) is 37.1 Å². The summed E-state index contributed by atoms with van der Waals surface area (Å²) in [6, 6.07) is 19.5. The Morgan fingerprint density at radius 3 is 2.51 bits per heavy atom. The van der Waals surface area contributed by atoms with Crippen molar-refractivity contribution in [3.8, 4) is 17.3 Å². The molecule has 35 heavy (non-hydrogen) atoms. The number of hydrogen-bond donors (Lipinski definition) is 2. The van der Waals surface area contributed by atoms with Crippen LogP contribution in [0.15, 0.2) is 79.1 Å². The van der Waals surface area contributed by atoms with Crippen LogP contribution in [0.5, 0.6) is 0 Å². The van der Waals surface area contributed by atoms with Gasteiger partial charge < -0.3 is 10.6 Å². The fraction of sp³-hybridized carbons (Fsp3) is 0.111. The average Bonchev–Trinajstić information content (AvgIpc) is 2.87. The molecule has 0 aliphatic heterocycles. The lowest BCUT2D eigenvalue weighted by molar-refractivity contribution is 0.0951. The zero-order valence-corrected chi connectivity index (χ0v) is 18.6. The number of benzene rings is 2. The first-order valence-electron chi connectivity index (χ1n) is 10.9. The topological polar surface area (TPSA) is 90.7 Å². The van der Waals surface area contributed by atoms with E-state index >= 15 is 0 Å². The quantitative estimate of drug-likeness (QED) is 0.384. The molecule has 0 spiro atoms. The van der Waals surface area contributed by atoms with Crippen molar-refractivity contribution in [2.75, 3.05) is 11.9 Å². The van der Waals surface area contributed by atoms with E-state index in [9.17, 15) is 18.8 Å². The van der Waals surface area contributed by atoms with Crippen molar-refractivity contribution in [2.24, 2.45) is 0 Å². The Bertz CT molecular complexity index is 1370. The molecule has 2 aromatic carbocycles. The third-order valence-electron chi connectivity index (χ3n) is 5.27. The van der Waals surface area contributed by atoms with E-state index in [1.807, 2.05) is 6.07 Å². The van der Waals surface area contributed by atoms with Crippen molar-refractivity contribution in [1.29, 1.82) is 5.26 Å². The molecule has 0 fully saturated rings. The van der Waals surface area contributed by atoms with E-state index in [1.54, 1.807) is 54.9 Å². The molecular weight excluding hydrogens is 448 g/mol. The van der Waals surface area contributed by atoms with E-state index in [-0.39, 0.29) is 19.0 Å². The summed E-state index contributed by atoms with van der Waals surface area (Å²) in [5, 5.41) is 15.4. The van der Waals surface area contributed by atoms with Crippen LogP contribution in [0, 0.1) is 23.0 Å². The number of halogens is 2. The van der Waals surface area contributed by atoms with Crippen molar-refractivity contribution in [1.82, 2.24) is 15.3 Å². The Morgan fingerprint density at radius 1 is 0.971 bits per heavy atom. The van der Waals surface area contributed by atoms with Crippen LogP contribution in [0.3, 0.4) is 0 Å². The molecule has 0 saturated heterocycles. The van der Waals surface area contributed by atoms with Crippen molar-refractivity contribution in [2.45, 2.75) is 13.0 Å². The number of nitriles is 1. The molecule has 0 aliphatic rings. The highest BCUT2D eigenvalue weighted by Crippen LogP contribution is 2.25. The molecule has 0 unspecified atom stereocenters. The van der Waals surface area contributed by atoms with E-state index in [0.29, 0.717) is 40.2 Å². The molecule has 4 rings (SSSR count). The van der Waals surface area contributed by atoms with Gasteiger partial charge in [0.2, 0.25) is 0 Å². The van der Waals surface area contributed by atoms with Crippen LogP contribution in [-0.2, 0) is 13.0 Å². The normalized spacial score (nSPS) is 10.4. The second kappa shape index (κ2) is 11.0. The molecule has 2 aromatic heterocycles. The Hall–Kier alpha value is -4.64. The lowest BCUT2D eigenvalue weighted by atomic mass is 10.0. The number of pyridine rings is 2. The van der Waals surface area contributed by atoms with E-state index in [2.05, 4.69) is 26.7 Å². The third kappa shape index (κ3) is 6.03. The summed E-state index contributed by atoms with van der Waals surface area (Å²) in [6.45, 7) is 0.565. The second-order valence-corrected chi connectivity index (χ2v) is 7.75. The standard InChI is InChI=1S/C27H21F2N5O/c28-21-12-18(13-22(29)14-21)9-11-32-26-24(27(35)33-17-19-4-3-10-31-16-19)7-8-25(34-26)23-6-2-1-5-20(23)15-30/h1-8,10,12-14,16H,9,11,17H2,(H,32,34)(H,33,35). The molecule has 8 heteroatoms.